The average Bonchev–Trinajstić information content (AvgIpc) is 3.52. The second-order valence-corrected chi connectivity index (χ2v) is 10.6. The van der Waals surface area contributed by atoms with Crippen molar-refractivity contribution in [3.63, 3.8) is 0 Å². The molecule has 1 aliphatic heterocycles. The molecule has 3 aromatic heterocycles. The first kappa shape index (κ1) is 22.3. The lowest BCUT2D eigenvalue weighted by Gasteiger charge is -2.24. The Bertz CT molecular complexity index is 1740. The molecule has 1 fully saturated rings. The molecule has 1 saturated heterocycles. The monoisotopic (exact) mass is 497 g/mol. The number of H-pyrrole nitrogens is 1. The number of piperidine rings is 1. The first-order chi connectivity index (χ1) is 17.5. The Hall–Kier alpha value is -4.20. The zero-order valence-corrected chi connectivity index (χ0v) is 20.1. The first-order valence-corrected chi connectivity index (χ1v) is 13.2. The summed E-state index contributed by atoms with van der Waals surface area (Å²) in [4.78, 5) is 12.2. The highest BCUT2D eigenvalue weighted by Gasteiger charge is 2.19. The molecule has 2 aromatic carbocycles. The fourth-order valence-electron chi connectivity index (χ4n) is 4.80. The minimum Gasteiger partial charge on any atom is -0.346 e. The summed E-state index contributed by atoms with van der Waals surface area (Å²) in [6.45, 7) is 1.97. The molecule has 0 amide bonds. The largest absolute Gasteiger partial charge is 0.346 e. The maximum Gasteiger partial charge on any atom is 0.261 e. The van der Waals surface area contributed by atoms with Gasteiger partial charge in [-0.2, -0.15) is 5.26 Å². The number of pyridine rings is 1. The van der Waals surface area contributed by atoms with E-state index >= 15 is 0 Å². The van der Waals surface area contributed by atoms with Gasteiger partial charge in [-0.3, -0.25) is 4.72 Å². The van der Waals surface area contributed by atoms with E-state index in [1.54, 1.807) is 18.2 Å². The standard InChI is InChI=1S/C26H23N7O2S/c27-12-17-3-1-5-21(9-17)36(34,35)32-19-11-22-23(15-30-26(22)29-13-19)18-6-7-24-25(10-18)33(16-31-24)20-4-2-8-28-14-20/h1,3,5-7,9-11,13,15-16,20,28,32H,2,4,8,14H2,(H,29,30). The van der Waals surface area contributed by atoms with Gasteiger partial charge in [-0.25, -0.2) is 18.4 Å². The third kappa shape index (κ3) is 3.98. The summed E-state index contributed by atoms with van der Waals surface area (Å²) in [5.41, 5.74) is 5.19. The number of rotatable bonds is 5. The van der Waals surface area contributed by atoms with Crippen LogP contribution in [-0.4, -0.2) is 41.0 Å². The number of aromatic amines is 1. The van der Waals surface area contributed by atoms with E-state index in [2.05, 4.69) is 35.6 Å². The molecule has 0 bridgehead atoms. The van der Waals surface area contributed by atoms with Crippen LogP contribution in [0.5, 0.6) is 0 Å². The van der Waals surface area contributed by atoms with E-state index in [0.717, 1.165) is 53.5 Å². The fourth-order valence-corrected chi connectivity index (χ4v) is 5.88. The van der Waals surface area contributed by atoms with Gasteiger partial charge in [0.1, 0.15) is 5.65 Å². The summed E-state index contributed by atoms with van der Waals surface area (Å²) in [6.07, 6.45) is 7.52. The summed E-state index contributed by atoms with van der Waals surface area (Å²) < 4.78 is 30.7. The van der Waals surface area contributed by atoms with Crippen molar-refractivity contribution >= 4 is 37.8 Å². The smallest absolute Gasteiger partial charge is 0.261 e. The van der Waals surface area contributed by atoms with Crippen molar-refractivity contribution in [3.8, 4) is 17.2 Å². The van der Waals surface area contributed by atoms with Crippen LogP contribution in [0.4, 0.5) is 5.69 Å². The van der Waals surface area contributed by atoms with Gasteiger partial charge in [0, 0.05) is 29.7 Å². The summed E-state index contributed by atoms with van der Waals surface area (Å²) in [5, 5.41) is 13.4. The lowest BCUT2D eigenvalue weighted by molar-refractivity contribution is 0.378. The molecule has 36 heavy (non-hydrogen) atoms. The van der Waals surface area contributed by atoms with Crippen LogP contribution in [0.15, 0.2) is 72.1 Å². The van der Waals surface area contributed by atoms with E-state index < -0.39 is 10.0 Å². The third-order valence-electron chi connectivity index (χ3n) is 6.61. The molecule has 1 aliphatic rings. The maximum atomic E-state index is 12.9. The number of nitrogens with one attached hydrogen (secondary N) is 3. The van der Waals surface area contributed by atoms with Crippen LogP contribution in [-0.2, 0) is 10.0 Å². The van der Waals surface area contributed by atoms with Gasteiger partial charge in [0.05, 0.1) is 45.8 Å². The van der Waals surface area contributed by atoms with E-state index in [1.165, 1.54) is 18.3 Å². The van der Waals surface area contributed by atoms with Crippen LogP contribution >= 0.6 is 0 Å². The Morgan fingerprint density at radius 3 is 2.89 bits per heavy atom. The molecular weight excluding hydrogens is 474 g/mol. The van der Waals surface area contributed by atoms with Gasteiger partial charge in [0.15, 0.2) is 0 Å². The molecule has 5 aromatic rings. The predicted octanol–water partition coefficient (Wildman–Crippen LogP) is 4.18. The Morgan fingerprint density at radius 2 is 2.06 bits per heavy atom. The molecule has 4 heterocycles. The fraction of sp³-hybridized carbons (Fsp3) is 0.192. The van der Waals surface area contributed by atoms with Gasteiger partial charge in [0.25, 0.3) is 10.0 Å². The Morgan fingerprint density at radius 1 is 1.14 bits per heavy atom. The predicted molar refractivity (Wildman–Crippen MR) is 138 cm³/mol. The van der Waals surface area contributed by atoms with Crippen molar-refractivity contribution in [1.29, 1.82) is 5.26 Å². The molecule has 180 valence electrons. The number of hydrogen-bond acceptors (Lipinski definition) is 6. The number of anilines is 1. The van der Waals surface area contributed by atoms with Crippen LogP contribution in [0.25, 0.3) is 33.2 Å². The summed E-state index contributed by atoms with van der Waals surface area (Å²) in [6, 6.07) is 16.2. The summed E-state index contributed by atoms with van der Waals surface area (Å²) in [7, 11) is -3.88. The molecule has 1 unspecified atom stereocenters. The van der Waals surface area contributed by atoms with Crippen LogP contribution < -0.4 is 10.0 Å². The van der Waals surface area contributed by atoms with E-state index in [0.29, 0.717) is 17.4 Å². The van der Waals surface area contributed by atoms with Crippen molar-refractivity contribution in [3.05, 3.63) is 72.8 Å². The van der Waals surface area contributed by atoms with Crippen molar-refractivity contribution in [1.82, 2.24) is 24.8 Å². The molecular formula is C26H23N7O2S. The molecule has 9 nitrogen and oxygen atoms in total. The van der Waals surface area contributed by atoms with Crippen molar-refractivity contribution in [2.75, 3.05) is 17.8 Å². The SMILES string of the molecule is N#Cc1cccc(S(=O)(=O)Nc2cnc3[nH]cc(-c4ccc5ncn(C6CCCNC6)c5c4)c3c2)c1. The molecule has 0 radical (unpaired) electrons. The lowest BCUT2D eigenvalue weighted by atomic mass is 10.0. The lowest BCUT2D eigenvalue weighted by Crippen LogP contribution is -2.31. The number of benzene rings is 2. The Balaban J connectivity index is 1.37. The zero-order valence-electron chi connectivity index (χ0n) is 19.3. The van der Waals surface area contributed by atoms with Crippen molar-refractivity contribution in [2.45, 2.75) is 23.8 Å². The van der Waals surface area contributed by atoms with E-state index in [-0.39, 0.29) is 10.5 Å². The minimum absolute atomic E-state index is 0.0202. The van der Waals surface area contributed by atoms with Crippen molar-refractivity contribution < 1.29 is 8.42 Å². The Kier molecular flexibility index (Phi) is 5.44. The van der Waals surface area contributed by atoms with Gasteiger partial charge < -0.3 is 14.9 Å². The number of aromatic nitrogens is 4. The Labute approximate surface area is 207 Å². The van der Waals surface area contributed by atoms with E-state index in [9.17, 15) is 8.42 Å². The second-order valence-electron chi connectivity index (χ2n) is 8.92. The number of hydrogen-bond donors (Lipinski definition) is 3. The number of fused-ring (bicyclic) bond motifs is 2. The highest BCUT2D eigenvalue weighted by atomic mass is 32.2. The van der Waals surface area contributed by atoms with Gasteiger partial charge >= 0.3 is 0 Å². The van der Waals surface area contributed by atoms with Crippen LogP contribution in [0.1, 0.15) is 24.4 Å². The molecule has 6 rings (SSSR count). The van der Waals surface area contributed by atoms with E-state index in [4.69, 9.17) is 5.26 Å². The summed E-state index contributed by atoms with van der Waals surface area (Å²) in [5.74, 6) is 0. The average molecular weight is 498 g/mol. The first-order valence-electron chi connectivity index (χ1n) is 11.7. The van der Waals surface area contributed by atoms with Gasteiger partial charge in [-0.15, -0.1) is 0 Å². The maximum absolute atomic E-state index is 12.9. The van der Waals surface area contributed by atoms with Gasteiger partial charge in [0.2, 0.25) is 0 Å². The molecule has 3 N–H and O–H groups in total. The second kappa shape index (κ2) is 8.78. The third-order valence-corrected chi connectivity index (χ3v) is 7.99. The molecule has 0 spiro atoms. The summed E-state index contributed by atoms with van der Waals surface area (Å²) >= 11 is 0. The minimum atomic E-state index is -3.88. The van der Waals surface area contributed by atoms with Crippen LogP contribution in [0.3, 0.4) is 0 Å². The quantitative estimate of drug-likeness (QED) is 0.334. The normalized spacial score (nSPS) is 16.2. The molecule has 1 atom stereocenters. The van der Waals surface area contributed by atoms with Gasteiger partial charge in [-0.1, -0.05) is 12.1 Å². The highest BCUT2D eigenvalue weighted by molar-refractivity contribution is 7.92. The van der Waals surface area contributed by atoms with Crippen LogP contribution in [0, 0.1) is 11.3 Å². The topological polar surface area (TPSA) is 128 Å². The number of nitriles is 1. The highest BCUT2D eigenvalue weighted by Crippen LogP contribution is 2.33. The number of nitrogens with zero attached hydrogens (tertiary/aromatic N) is 4. The molecule has 0 saturated carbocycles. The number of sulfonamides is 1. The molecule has 10 heteroatoms. The molecule has 0 aliphatic carbocycles. The van der Waals surface area contributed by atoms with E-state index in [1.807, 2.05) is 30.7 Å². The van der Waals surface area contributed by atoms with Crippen molar-refractivity contribution in [2.24, 2.45) is 0 Å². The van der Waals surface area contributed by atoms with Gasteiger partial charge in [-0.05, 0) is 61.3 Å². The van der Waals surface area contributed by atoms with Crippen LogP contribution in [0.2, 0.25) is 0 Å². The zero-order chi connectivity index (χ0) is 24.7. The number of imidazole rings is 1.